The van der Waals surface area contributed by atoms with E-state index in [1.54, 1.807) is 24.2 Å². The Morgan fingerprint density at radius 3 is 2.20 bits per heavy atom. The number of nitrogens with zero attached hydrogens (tertiary/aromatic N) is 4. The average molecular weight is 344 g/mol. The normalized spacial score (nSPS) is 10.7. The van der Waals surface area contributed by atoms with Gasteiger partial charge in [0.15, 0.2) is 5.82 Å². The van der Waals surface area contributed by atoms with Gasteiger partial charge in [-0.15, -0.1) is 5.10 Å². The molecule has 2 aromatic carbocycles. The molecule has 4 nitrogen and oxygen atoms in total. The van der Waals surface area contributed by atoms with Crippen LogP contribution in [-0.2, 0) is 5.75 Å². The molecule has 0 radical (unpaired) electrons. The lowest BCUT2D eigenvalue weighted by Gasteiger charge is -2.05. The van der Waals surface area contributed by atoms with E-state index in [0.29, 0.717) is 0 Å². The van der Waals surface area contributed by atoms with Gasteiger partial charge in [0.25, 0.3) is 0 Å². The Morgan fingerprint density at radius 2 is 1.48 bits per heavy atom. The second-order valence-electron chi connectivity index (χ2n) is 5.48. The van der Waals surface area contributed by atoms with E-state index in [0.717, 1.165) is 28.0 Å². The fourth-order valence-corrected chi connectivity index (χ4v) is 3.28. The van der Waals surface area contributed by atoms with Crippen molar-refractivity contribution in [2.24, 2.45) is 0 Å². The molecule has 0 N–H and O–H groups in total. The van der Waals surface area contributed by atoms with E-state index in [1.165, 1.54) is 5.56 Å². The predicted molar refractivity (Wildman–Crippen MR) is 101 cm³/mol. The summed E-state index contributed by atoms with van der Waals surface area (Å²) in [4.78, 5) is 8.82. The van der Waals surface area contributed by atoms with Gasteiger partial charge in [-0.1, -0.05) is 60.3 Å². The minimum absolute atomic E-state index is 0.763. The molecule has 0 saturated heterocycles. The van der Waals surface area contributed by atoms with E-state index in [1.807, 2.05) is 65.3 Å². The molecule has 4 rings (SSSR count). The van der Waals surface area contributed by atoms with Gasteiger partial charge in [-0.25, -0.2) is 9.67 Å². The Hall–Kier alpha value is -2.92. The number of pyridine rings is 1. The third-order valence-corrected chi connectivity index (χ3v) is 4.65. The number of rotatable bonds is 5. The first kappa shape index (κ1) is 15.6. The quantitative estimate of drug-likeness (QED) is 0.495. The van der Waals surface area contributed by atoms with Crippen LogP contribution < -0.4 is 0 Å². The topological polar surface area (TPSA) is 43.6 Å². The van der Waals surface area contributed by atoms with Crippen molar-refractivity contribution in [1.29, 1.82) is 0 Å². The summed E-state index contributed by atoms with van der Waals surface area (Å²) in [5, 5.41) is 5.49. The zero-order valence-electron chi connectivity index (χ0n) is 13.5. The lowest BCUT2D eigenvalue weighted by atomic mass is 10.2. The van der Waals surface area contributed by atoms with Crippen LogP contribution in [0.3, 0.4) is 0 Å². The molecule has 0 aliphatic heterocycles. The molecule has 2 aromatic heterocycles. The minimum Gasteiger partial charge on any atom is -0.265 e. The molecule has 122 valence electrons. The third-order valence-electron chi connectivity index (χ3n) is 3.74. The zero-order chi connectivity index (χ0) is 16.9. The standard InChI is InChI=1S/C20H16N4S/c1-3-7-17(8-4-1)19-22-20(25-15-16-11-13-21-14-12-16)23-24(19)18-9-5-2-6-10-18/h1-14H,15H2. The van der Waals surface area contributed by atoms with Crippen LogP contribution in [0.1, 0.15) is 5.56 Å². The molecule has 0 fully saturated rings. The number of hydrogen-bond donors (Lipinski definition) is 0. The summed E-state index contributed by atoms with van der Waals surface area (Å²) in [6.07, 6.45) is 3.61. The summed E-state index contributed by atoms with van der Waals surface area (Å²) in [6.45, 7) is 0. The Bertz CT molecular complexity index is 880. The van der Waals surface area contributed by atoms with Crippen molar-refractivity contribution in [2.45, 2.75) is 10.9 Å². The molecule has 4 aromatic rings. The van der Waals surface area contributed by atoms with Crippen molar-refractivity contribution >= 4 is 11.8 Å². The maximum Gasteiger partial charge on any atom is 0.209 e. The highest BCUT2D eigenvalue weighted by molar-refractivity contribution is 7.98. The fraction of sp³-hybridized carbons (Fsp3) is 0.0500. The second kappa shape index (κ2) is 7.32. The van der Waals surface area contributed by atoms with Crippen LogP contribution in [0, 0.1) is 0 Å². The van der Waals surface area contributed by atoms with Gasteiger partial charge < -0.3 is 0 Å². The Morgan fingerprint density at radius 1 is 0.800 bits per heavy atom. The largest absolute Gasteiger partial charge is 0.265 e. The van der Waals surface area contributed by atoms with Crippen LogP contribution in [0.2, 0.25) is 0 Å². The Balaban J connectivity index is 1.68. The van der Waals surface area contributed by atoms with Crippen molar-refractivity contribution in [2.75, 3.05) is 0 Å². The van der Waals surface area contributed by atoms with Gasteiger partial charge >= 0.3 is 0 Å². The van der Waals surface area contributed by atoms with Crippen molar-refractivity contribution in [3.8, 4) is 17.1 Å². The summed E-state index contributed by atoms with van der Waals surface area (Å²) in [5.41, 5.74) is 3.26. The van der Waals surface area contributed by atoms with Crippen LogP contribution in [0.25, 0.3) is 17.1 Å². The van der Waals surface area contributed by atoms with Gasteiger partial charge in [0.05, 0.1) is 5.69 Å². The summed E-state index contributed by atoms with van der Waals surface area (Å²) in [7, 11) is 0. The van der Waals surface area contributed by atoms with Crippen molar-refractivity contribution < 1.29 is 0 Å². The molecule has 0 bridgehead atoms. The molecule has 5 heteroatoms. The molecular weight excluding hydrogens is 328 g/mol. The van der Waals surface area contributed by atoms with E-state index in [2.05, 4.69) is 17.1 Å². The number of hydrogen-bond acceptors (Lipinski definition) is 4. The highest BCUT2D eigenvalue weighted by Crippen LogP contribution is 2.26. The smallest absolute Gasteiger partial charge is 0.209 e. The molecule has 0 saturated carbocycles. The molecule has 0 atom stereocenters. The highest BCUT2D eigenvalue weighted by atomic mass is 32.2. The maximum absolute atomic E-state index is 4.77. The van der Waals surface area contributed by atoms with Crippen LogP contribution in [0.5, 0.6) is 0 Å². The first-order valence-electron chi connectivity index (χ1n) is 8.00. The predicted octanol–water partition coefficient (Wildman–Crippen LogP) is 4.62. The SMILES string of the molecule is c1ccc(-c2nc(SCc3ccncc3)nn2-c2ccccc2)cc1. The van der Waals surface area contributed by atoms with E-state index in [4.69, 9.17) is 10.1 Å². The molecule has 0 unspecified atom stereocenters. The minimum atomic E-state index is 0.763. The van der Waals surface area contributed by atoms with Gasteiger partial charge in [-0.05, 0) is 29.8 Å². The van der Waals surface area contributed by atoms with E-state index in [-0.39, 0.29) is 0 Å². The van der Waals surface area contributed by atoms with E-state index < -0.39 is 0 Å². The first-order chi connectivity index (χ1) is 12.4. The van der Waals surface area contributed by atoms with Crippen molar-refractivity contribution in [1.82, 2.24) is 19.7 Å². The van der Waals surface area contributed by atoms with E-state index in [9.17, 15) is 0 Å². The summed E-state index contributed by atoms with van der Waals surface area (Å²) in [6, 6.07) is 24.3. The fourth-order valence-electron chi connectivity index (χ4n) is 2.50. The number of benzene rings is 2. The molecule has 2 heterocycles. The van der Waals surface area contributed by atoms with Crippen LogP contribution in [0.15, 0.2) is 90.3 Å². The van der Waals surface area contributed by atoms with Crippen molar-refractivity contribution in [3.63, 3.8) is 0 Å². The summed E-state index contributed by atoms with van der Waals surface area (Å²) in [5.74, 6) is 1.67. The molecule has 0 aliphatic carbocycles. The van der Waals surface area contributed by atoms with Gasteiger partial charge in [-0.2, -0.15) is 0 Å². The zero-order valence-corrected chi connectivity index (χ0v) is 14.3. The van der Waals surface area contributed by atoms with Gasteiger partial charge in [0, 0.05) is 23.7 Å². The maximum atomic E-state index is 4.77. The monoisotopic (exact) mass is 344 g/mol. The van der Waals surface area contributed by atoms with Crippen LogP contribution in [-0.4, -0.2) is 19.7 Å². The van der Waals surface area contributed by atoms with Gasteiger partial charge in [-0.3, -0.25) is 4.98 Å². The van der Waals surface area contributed by atoms with Crippen LogP contribution in [0.4, 0.5) is 0 Å². The van der Waals surface area contributed by atoms with Gasteiger partial charge in [0.1, 0.15) is 0 Å². The van der Waals surface area contributed by atoms with Gasteiger partial charge in [0.2, 0.25) is 5.16 Å². The molecule has 0 amide bonds. The second-order valence-corrected chi connectivity index (χ2v) is 6.42. The number of aromatic nitrogens is 4. The van der Waals surface area contributed by atoms with Crippen LogP contribution >= 0.6 is 11.8 Å². The molecule has 0 aliphatic rings. The van der Waals surface area contributed by atoms with E-state index >= 15 is 0 Å². The number of para-hydroxylation sites is 1. The Kier molecular flexibility index (Phi) is 4.57. The average Bonchev–Trinajstić information content (AvgIpc) is 3.13. The number of thioether (sulfide) groups is 1. The molecular formula is C20H16N4S. The molecule has 25 heavy (non-hydrogen) atoms. The highest BCUT2D eigenvalue weighted by Gasteiger charge is 2.13. The summed E-state index contributed by atoms with van der Waals surface area (Å²) >= 11 is 1.63. The third kappa shape index (κ3) is 3.61. The summed E-state index contributed by atoms with van der Waals surface area (Å²) < 4.78 is 1.91. The van der Waals surface area contributed by atoms with Crippen molar-refractivity contribution in [3.05, 3.63) is 90.8 Å². The Labute approximate surface area is 150 Å². The lowest BCUT2D eigenvalue weighted by molar-refractivity contribution is 0.839. The first-order valence-corrected chi connectivity index (χ1v) is 8.98. The molecule has 0 spiro atoms. The lowest BCUT2D eigenvalue weighted by Crippen LogP contribution is -1.99.